The largest absolute Gasteiger partial charge is 0.326 e. The van der Waals surface area contributed by atoms with Crippen LogP contribution in [-0.2, 0) is 12.4 Å². The fraction of sp³-hybridized carbons (Fsp3) is 0.333. The molecular weight excluding hydrogens is 421 g/mol. The van der Waals surface area contributed by atoms with Gasteiger partial charge < -0.3 is 5.73 Å². The maximum Gasteiger partial charge on any atom is 0.0474 e. The molecule has 1 fully saturated rings. The molecule has 1 atom stereocenters. The van der Waals surface area contributed by atoms with Crippen LogP contribution in [0.3, 0.4) is 0 Å². The van der Waals surface area contributed by atoms with Crippen LogP contribution in [0.4, 0.5) is 0 Å². The van der Waals surface area contributed by atoms with Crippen LogP contribution in [-0.4, -0.2) is 24.0 Å². The first-order valence-corrected chi connectivity index (χ1v) is 8.88. The summed E-state index contributed by atoms with van der Waals surface area (Å²) in [5.41, 5.74) is 8.25. The maximum atomic E-state index is 5.84. The Morgan fingerprint density at radius 2 is 1.36 bits per heavy atom. The van der Waals surface area contributed by atoms with Gasteiger partial charge in [-0.3, -0.25) is 4.90 Å². The summed E-state index contributed by atoms with van der Waals surface area (Å²) >= 11 is 17.0. The lowest BCUT2D eigenvalue weighted by Gasteiger charge is -2.14. The number of nitrogens with zero attached hydrogens (tertiary/aromatic N) is 1. The zero-order valence-electron chi connectivity index (χ0n) is 13.7. The number of alkyl halides is 1. The smallest absolute Gasteiger partial charge is 0.0474 e. The first kappa shape index (κ1) is 24.8. The second-order valence-corrected chi connectivity index (χ2v) is 6.81. The summed E-state index contributed by atoms with van der Waals surface area (Å²) in [7, 11) is 0. The summed E-state index contributed by atoms with van der Waals surface area (Å²) < 4.78 is 0. The Morgan fingerprint density at radius 1 is 0.880 bits per heavy atom. The molecule has 0 amide bonds. The van der Waals surface area contributed by atoms with E-state index in [9.17, 15) is 0 Å². The summed E-state index contributed by atoms with van der Waals surface area (Å²) in [6.45, 7) is 3.12. The Labute approximate surface area is 177 Å². The molecule has 2 nitrogen and oxygen atoms in total. The van der Waals surface area contributed by atoms with Crippen molar-refractivity contribution in [3.63, 3.8) is 0 Å². The van der Waals surface area contributed by atoms with Crippen LogP contribution in [0.5, 0.6) is 0 Å². The zero-order valence-corrected chi connectivity index (χ0v) is 17.6. The standard InChI is InChI=1S/C11H15ClN2.C7H6Cl2.2ClH/c12-10-3-1-9(2-4-10)7-14-6-5-11(13)8-14;8-5-6-1-3-7(9)4-2-6;;/h1-4,11H,5-8,13H2;1-4H,5H2;2*1H. The molecule has 0 saturated carbocycles. The van der Waals surface area contributed by atoms with Crippen LogP contribution in [0.2, 0.25) is 10.0 Å². The molecule has 1 aliphatic rings. The molecule has 0 bridgehead atoms. The van der Waals surface area contributed by atoms with Gasteiger partial charge in [-0.15, -0.1) is 36.4 Å². The van der Waals surface area contributed by atoms with Crippen LogP contribution < -0.4 is 5.73 Å². The summed E-state index contributed by atoms with van der Waals surface area (Å²) in [5.74, 6) is 0.553. The highest BCUT2D eigenvalue weighted by Gasteiger charge is 2.18. The van der Waals surface area contributed by atoms with E-state index in [0.717, 1.165) is 41.7 Å². The minimum Gasteiger partial charge on any atom is -0.326 e. The van der Waals surface area contributed by atoms with E-state index in [1.54, 1.807) is 0 Å². The number of nitrogens with two attached hydrogens (primary N) is 1. The third-order valence-corrected chi connectivity index (χ3v) is 4.51. The van der Waals surface area contributed by atoms with Crippen molar-refractivity contribution >= 4 is 59.6 Å². The van der Waals surface area contributed by atoms with E-state index in [-0.39, 0.29) is 24.8 Å². The van der Waals surface area contributed by atoms with E-state index in [1.807, 2.05) is 36.4 Å². The topological polar surface area (TPSA) is 29.3 Å². The number of rotatable bonds is 3. The molecule has 2 aromatic rings. The Kier molecular flexibility index (Phi) is 13.0. The summed E-state index contributed by atoms with van der Waals surface area (Å²) in [4.78, 5) is 2.38. The van der Waals surface area contributed by atoms with Crippen molar-refractivity contribution in [1.29, 1.82) is 0 Å². The van der Waals surface area contributed by atoms with Crippen LogP contribution in [0, 0.1) is 0 Å². The second kappa shape index (κ2) is 13.1. The van der Waals surface area contributed by atoms with Gasteiger partial charge in [-0.25, -0.2) is 0 Å². The Balaban J connectivity index is 0.000000462. The van der Waals surface area contributed by atoms with Crippen LogP contribution in [0.1, 0.15) is 17.5 Å². The van der Waals surface area contributed by atoms with E-state index in [1.165, 1.54) is 5.56 Å². The van der Waals surface area contributed by atoms with Crippen molar-refractivity contribution in [2.24, 2.45) is 5.73 Å². The van der Waals surface area contributed by atoms with E-state index >= 15 is 0 Å². The van der Waals surface area contributed by atoms with Gasteiger partial charge in [-0.1, -0.05) is 47.5 Å². The van der Waals surface area contributed by atoms with E-state index < -0.39 is 0 Å². The highest BCUT2D eigenvalue weighted by atomic mass is 35.5. The van der Waals surface area contributed by atoms with Gasteiger partial charge in [-0.2, -0.15) is 0 Å². The van der Waals surface area contributed by atoms with Gasteiger partial charge in [0.2, 0.25) is 0 Å². The van der Waals surface area contributed by atoms with Gasteiger partial charge in [0.05, 0.1) is 0 Å². The molecule has 0 aromatic heterocycles. The van der Waals surface area contributed by atoms with Crippen LogP contribution >= 0.6 is 59.6 Å². The maximum absolute atomic E-state index is 5.84. The number of benzene rings is 2. The van der Waals surface area contributed by atoms with Gasteiger partial charge >= 0.3 is 0 Å². The third-order valence-electron chi connectivity index (χ3n) is 3.70. The molecule has 7 heteroatoms. The number of likely N-dealkylation sites (tertiary alicyclic amines) is 1. The normalized spacial score (nSPS) is 16.2. The van der Waals surface area contributed by atoms with Gasteiger partial charge in [0.15, 0.2) is 0 Å². The molecule has 1 unspecified atom stereocenters. The summed E-state index contributed by atoms with van der Waals surface area (Å²) in [5, 5.41) is 1.55. The monoisotopic (exact) mass is 442 g/mol. The minimum atomic E-state index is 0. The lowest BCUT2D eigenvalue weighted by atomic mass is 10.2. The van der Waals surface area contributed by atoms with Crippen molar-refractivity contribution in [1.82, 2.24) is 4.90 Å². The highest BCUT2D eigenvalue weighted by Crippen LogP contribution is 2.14. The Hall–Kier alpha value is -0.190. The molecule has 140 valence electrons. The molecule has 1 saturated heterocycles. The van der Waals surface area contributed by atoms with Gasteiger partial charge in [-0.05, 0) is 41.8 Å². The second-order valence-electron chi connectivity index (χ2n) is 5.67. The number of halogens is 5. The van der Waals surface area contributed by atoms with Crippen molar-refractivity contribution < 1.29 is 0 Å². The van der Waals surface area contributed by atoms with Crippen molar-refractivity contribution in [2.75, 3.05) is 13.1 Å². The minimum absolute atomic E-state index is 0. The average molecular weight is 445 g/mol. The Morgan fingerprint density at radius 3 is 1.76 bits per heavy atom. The molecule has 2 aromatic carbocycles. The summed E-state index contributed by atoms with van der Waals surface area (Å²) in [6, 6.07) is 15.9. The molecule has 1 heterocycles. The predicted octanol–water partition coefficient (Wildman–Crippen LogP) is 5.80. The van der Waals surface area contributed by atoms with Gasteiger partial charge in [0.25, 0.3) is 0 Å². The van der Waals surface area contributed by atoms with Gasteiger partial charge in [0, 0.05) is 41.6 Å². The van der Waals surface area contributed by atoms with Crippen molar-refractivity contribution in [2.45, 2.75) is 24.9 Å². The zero-order chi connectivity index (χ0) is 16.7. The molecule has 25 heavy (non-hydrogen) atoms. The molecular formula is C18H23Cl5N2. The van der Waals surface area contributed by atoms with Crippen molar-refractivity contribution in [3.05, 3.63) is 69.7 Å². The molecule has 1 aliphatic heterocycles. The summed E-state index contributed by atoms with van der Waals surface area (Å²) in [6.07, 6.45) is 1.12. The Bertz CT molecular complexity index is 589. The lowest BCUT2D eigenvalue weighted by Crippen LogP contribution is -2.26. The molecule has 0 spiro atoms. The van der Waals surface area contributed by atoms with E-state index in [4.69, 9.17) is 40.5 Å². The van der Waals surface area contributed by atoms with E-state index in [0.29, 0.717) is 11.9 Å². The van der Waals surface area contributed by atoms with Crippen LogP contribution in [0.25, 0.3) is 0 Å². The molecule has 0 aliphatic carbocycles. The number of hydrogen-bond acceptors (Lipinski definition) is 2. The molecule has 2 N–H and O–H groups in total. The average Bonchev–Trinajstić information content (AvgIpc) is 2.96. The lowest BCUT2D eigenvalue weighted by molar-refractivity contribution is 0.327. The molecule has 3 rings (SSSR count). The third kappa shape index (κ3) is 9.35. The fourth-order valence-electron chi connectivity index (χ4n) is 2.43. The SMILES string of the molecule is Cl.Cl.ClCc1ccc(Cl)cc1.NC1CCN(Cc2ccc(Cl)cc2)C1. The van der Waals surface area contributed by atoms with Crippen LogP contribution in [0.15, 0.2) is 48.5 Å². The first-order chi connectivity index (χ1) is 11.1. The highest BCUT2D eigenvalue weighted by molar-refractivity contribution is 6.30. The van der Waals surface area contributed by atoms with Crippen molar-refractivity contribution in [3.8, 4) is 0 Å². The number of hydrogen-bond donors (Lipinski definition) is 1. The van der Waals surface area contributed by atoms with E-state index in [2.05, 4.69) is 17.0 Å². The predicted molar refractivity (Wildman–Crippen MR) is 115 cm³/mol. The first-order valence-electron chi connectivity index (χ1n) is 7.59. The fourth-order valence-corrected chi connectivity index (χ4v) is 2.86. The quantitative estimate of drug-likeness (QED) is 0.607. The van der Waals surface area contributed by atoms with Gasteiger partial charge in [0.1, 0.15) is 0 Å². The molecule has 0 radical (unpaired) electrons.